The van der Waals surface area contributed by atoms with Gasteiger partial charge in [0.15, 0.2) is 11.5 Å². The summed E-state index contributed by atoms with van der Waals surface area (Å²) in [4.78, 5) is 33.5. The Balaban J connectivity index is 1.40. The lowest BCUT2D eigenvalue weighted by Gasteiger charge is -2.30. The predicted molar refractivity (Wildman–Crippen MR) is 165 cm³/mol. The Morgan fingerprint density at radius 2 is 1.64 bits per heavy atom. The second kappa shape index (κ2) is 16.1. The fourth-order valence-corrected chi connectivity index (χ4v) is 5.48. The molecule has 0 bridgehead atoms. The van der Waals surface area contributed by atoms with Crippen molar-refractivity contribution in [2.75, 3.05) is 47.6 Å². The van der Waals surface area contributed by atoms with Crippen LogP contribution < -0.4 is 14.2 Å². The van der Waals surface area contributed by atoms with Crippen molar-refractivity contribution in [1.82, 2.24) is 14.8 Å². The normalized spacial score (nSPS) is 14.6. The van der Waals surface area contributed by atoms with E-state index >= 15 is 8.78 Å². The van der Waals surface area contributed by atoms with E-state index in [0.29, 0.717) is 32.4 Å². The molecular formula is C34H41F2N3O6. The first-order valence-electron chi connectivity index (χ1n) is 15.1. The van der Waals surface area contributed by atoms with Crippen LogP contribution in [0.2, 0.25) is 0 Å². The number of ether oxygens (including phenoxy) is 4. The van der Waals surface area contributed by atoms with E-state index in [1.807, 2.05) is 48.7 Å². The largest absolute Gasteiger partial charge is 0.493 e. The van der Waals surface area contributed by atoms with Crippen LogP contribution in [0.5, 0.6) is 17.2 Å². The number of carbonyl (C=O) groups is 2. The van der Waals surface area contributed by atoms with Gasteiger partial charge in [-0.05, 0) is 67.9 Å². The number of aromatic nitrogens is 1. The molecule has 0 spiro atoms. The van der Waals surface area contributed by atoms with Gasteiger partial charge in [0.25, 0.3) is 5.91 Å². The molecule has 3 aromatic rings. The lowest BCUT2D eigenvalue weighted by Crippen LogP contribution is -2.47. The van der Waals surface area contributed by atoms with Gasteiger partial charge in [-0.1, -0.05) is 36.4 Å². The summed E-state index contributed by atoms with van der Waals surface area (Å²) in [5.74, 6) is -5.07. The highest BCUT2D eigenvalue weighted by Crippen LogP contribution is 2.43. The Labute approximate surface area is 263 Å². The van der Waals surface area contributed by atoms with Gasteiger partial charge in [0, 0.05) is 37.6 Å². The monoisotopic (exact) mass is 625 g/mol. The maximum absolute atomic E-state index is 15.7. The van der Waals surface area contributed by atoms with Crippen molar-refractivity contribution in [1.29, 1.82) is 0 Å². The van der Waals surface area contributed by atoms with Crippen molar-refractivity contribution in [2.24, 2.45) is 0 Å². The average molecular weight is 626 g/mol. The van der Waals surface area contributed by atoms with Crippen LogP contribution in [0, 0.1) is 0 Å². The number of likely N-dealkylation sites (tertiary alicyclic amines) is 1. The van der Waals surface area contributed by atoms with E-state index in [2.05, 4.69) is 4.98 Å². The minimum atomic E-state index is -3.88. The molecule has 2 heterocycles. The van der Waals surface area contributed by atoms with Crippen LogP contribution in [-0.2, 0) is 28.3 Å². The minimum absolute atomic E-state index is 0.0160. The molecule has 2 aromatic carbocycles. The number of unbranched alkanes of at least 4 members (excludes halogenated alkanes) is 1. The quantitative estimate of drug-likeness (QED) is 0.195. The number of benzene rings is 2. The summed E-state index contributed by atoms with van der Waals surface area (Å²) in [5.41, 5.74) is 1.64. The van der Waals surface area contributed by atoms with Gasteiger partial charge in [-0.15, -0.1) is 0 Å². The van der Waals surface area contributed by atoms with Crippen molar-refractivity contribution in [3.63, 3.8) is 0 Å². The van der Waals surface area contributed by atoms with Crippen LogP contribution in [-0.4, -0.2) is 80.4 Å². The molecule has 1 atom stereocenters. The molecule has 1 aliphatic heterocycles. The first-order valence-corrected chi connectivity index (χ1v) is 15.1. The molecule has 0 saturated carbocycles. The minimum Gasteiger partial charge on any atom is -0.493 e. The molecule has 4 rings (SSSR count). The summed E-state index contributed by atoms with van der Waals surface area (Å²) in [6.45, 7) is 0.890. The molecule has 2 amide bonds. The third-order valence-electron chi connectivity index (χ3n) is 7.97. The molecule has 1 saturated heterocycles. The van der Waals surface area contributed by atoms with E-state index < -0.39 is 29.5 Å². The van der Waals surface area contributed by atoms with E-state index in [4.69, 9.17) is 18.9 Å². The zero-order valence-corrected chi connectivity index (χ0v) is 26.0. The molecule has 9 nitrogen and oxygen atoms in total. The molecule has 0 N–H and O–H groups in total. The highest BCUT2D eigenvalue weighted by Gasteiger charge is 2.48. The number of alkyl halides is 2. The molecule has 0 radical (unpaired) electrons. The number of pyridine rings is 1. The van der Waals surface area contributed by atoms with Gasteiger partial charge < -0.3 is 28.7 Å². The van der Waals surface area contributed by atoms with Gasteiger partial charge in [0.2, 0.25) is 5.75 Å². The van der Waals surface area contributed by atoms with E-state index in [-0.39, 0.29) is 30.4 Å². The number of rotatable bonds is 15. The van der Waals surface area contributed by atoms with Gasteiger partial charge in [-0.25, -0.2) is 4.79 Å². The average Bonchev–Trinajstić information content (AvgIpc) is 3.55. The highest BCUT2D eigenvalue weighted by atomic mass is 19.3. The van der Waals surface area contributed by atoms with Gasteiger partial charge >= 0.3 is 12.0 Å². The smallest absolute Gasteiger partial charge is 0.409 e. The first kappa shape index (κ1) is 33.5. The molecule has 0 aliphatic carbocycles. The third-order valence-corrected chi connectivity index (χ3v) is 7.97. The Morgan fingerprint density at radius 1 is 0.933 bits per heavy atom. The Hall–Kier alpha value is -4.41. The van der Waals surface area contributed by atoms with Crippen molar-refractivity contribution in [3.8, 4) is 17.2 Å². The highest BCUT2D eigenvalue weighted by molar-refractivity contribution is 5.86. The van der Waals surface area contributed by atoms with Gasteiger partial charge in [-0.3, -0.25) is 9.78 Å². The Morgan fingerprint density at radius 3 is 2.29 bits per heavy atom. The Bertz CT molecular complexity index is 1370. The number of nitrogens with zero attached hydrogens (tertiary/aromatic N) is 3. The number of hydrogen-bond donors (Lipinski definition) is 0. The fourth-order valence-electron chi connectivity index (χ4n) is 5.48. The maximum Gasteiger partial charge on any atom is 0.409 e. The van der Waals surface area contributed by atoms with E-state index in [0.717, 1.165) is 47.4 Å². The first-order chi connectivity index (χ1) is 21.8. The number of aryl methyl sites for hydroxylation is 1. The summed E-state index contributed by atoms with van der Waals surface area (Å²) in [7, 11) is 4.00. The zero-order chi connectivity index (χ0) is 32.2. The van der Waals surface area contributed by atoms with Crippen molar-refractivity contribution >= 4 is 12.0 Å². The lowest BCUT2D eigenvalue weighted by molar-refractivity contribution is -0.160. The second-order valence-corrected chi connectivity index (χ2v) is 10.9. The fraction of sp³-hybridized carbons (Fsp3) is 0.441. The SMILES string of the molecule is COc1cc(C(F)(F)C(=O)N2CCCC2COC(=O)N(CCCCc2cccnc2)CCc2ccccc2)cc(OC)c1OC. The molecule has 1 fully saturated rings. The third kappa shape index (κ3) is 8.61. The number of carbonyl (C=O) groups excluding carboxylic acids is 2. The topological polar surface area (TPSA) is 90.4 Å². The van der Waals surface area contributed by atoms with E-state index in [1.165, 1.54) is 21.3 Å². The van der Waals surface area contributed by atoms with Gasteiger partial charge in [-0.2, -0.15) is 8.78 Å². The van der Waals surface area contributed by atoms with Gasteiger partial charge in [0.1, 0.15) is 6.61 Å². The standard InChI is InChI=1S/C34H41F2N3O6/c1-42-29-21-27(22-30(43-2)31(29)44-3)34(35,36)32(40)39-19-10-15-28(39)24-45-33(41)38(20-16-25-11-5-4-6-12-25)18-8-7-13-26-14-9-17-37-23-26/h4-6,9,11-12,14,17,21-23,28H,7-8,10,13,15-16,18-20,24H2,1-3H3. The molecule has 1 aliphatic rings. The van der Waals surface area contributed by atoms with Crippen LogP contribution in [0.3, 0.4) is 0 Å². The molecule has 45 heavy (non-hydrogen) atoms. The van der Waals surface area contributed by atoms with Crippen LogP contribution in [0.1, 0.15) is 42.4 Å². The second-order valence-electron chi connectivity index (χ2n) is 10.9. The van der Waals surface area contributed by atoms with Crippen molar-refractivity contribution in [2.45, 2.75) is 50.5 Å². The lowest BCUT2D eigenvalue weighted by atomic mass is 10.0. The zero-order valence-electron chi connectivity index (χ0n) is 26.0. The van der Waals surface area contributed by atoms with Gasteiger partial charge in [0.05, 0.1) is 27.4 Å². The van der Waals surface area contributed by atoms with E-state index in [1.54, 1.807) is 11.1 Å². The number of methoxy groups -OCH3 is 3. The van der Waals surface area contributed by atoms with Crippen LogP contribution in [0.4, 0.5) is 13.6 Å². The summed E-state index contributed by atoms with van der Waals surface area (Å²) in [5, 5.41) is 0. The molecule has 242 valence electrons. The number of halogens is 2. The summed E-state index contributed by atoms with van der Waals surface area (Å²) in [6.07, 6.45) is 7.12. The molecular weight excluding hydrogens is 584 g/mol. The van der Waals surface area contributed by atoms with Crippen LogP contribution >= 0.6 is 0 Å². The summed E-state index contributed by atoms with van der Waals surface area (Å²) >= 11 is 0. The van der Waals surface area contributed by atoms with Crippen LogP contribution in [0.25, 0.3) is 0 Å². The van der Waals surface area contributed by atoms with E-state index in [9.17, 15) is 9.59 Å². The molecule has 11 heteroatoms. The van der Waals surface area contributed by atoms with Crippen LogP contribution in [0.15, 0.2) is 67.0 Å². The summed E-state index contributed by atoms with van der Waals surface area (Å²) < 4.78 is 52.6. The number of hydrogen-bond acceptors (Lipinski definition) is 7. The Kier molecular flexibility index (Phi) is 11.9. The van der Waals surface area contributed by atoms with Crippen molar-refractivity contribution in [3.05, 3.63) is 83.7 Å². The molecule has 1 unspecified atom stereocenters. The van der Waals surface area contributed by atoms with Crippen molar-refractivity contribution < 1.29 is 37.3 Å². The summed E-state index contributed by atoms with van der Waals surface area (Å²) in [6, 6.07) is 15.2. The number of amides is 2. The predicted octanol–water partition coefficient (Wildman–Crippen LogP) is 5.89. The maximum atomic E-state index is 15.7. The molecule has 1 aromatic heterocycles.